The summed E-state index contributed by atoms with van der Waals surface area (Å²) >= 11 is 0. The first-order chi connectivity index (χ1) is 14.7. The molecule has 6 nitrogen and oxygen atoms in total. The zero-order valence-electron chi connectivity index (χ0n) is 19.1. The number of ether oxygens (including phenoxy) is 2. The van der Waals surface area contributed by atoms with Crippen LogP contribution in [0.2, 0.25) is 0 Å². The van der Waals surface area contributed by atoms with Gasteiger partial charge in [-0.1, -0.05) is 19.9 Å². The van der Waals surface area contributed by atoms with Crippen LogP contribution in [-0.4, -0.2) is 36.8 Å². The lowest BCUT2D eigenvalue weighted by Gasteiger charge is -2.61. The number of carbonyl (C=O) groups is 2. The molecular weight excluding hydrogens is 394 g/mol. The topological polar surface area (TPSA) is 84.9 Å². The zero-order valence-corrected chi connectivity index (χ0v) is 19.1. The van der Waals surface area contributed by atoms with Crippen molar-refractivity contribution in [3.05, 3.63) is 34.8 Å². The van der Waals surface area contributed by atoms with Crippen LogP contribution >= 0.6 is 0 Å². The second-order valence-electron chi connectivity index (χ2n) is 9.97. The monoisotopic (exact) mass is 429 g/mol. The number of allylic oxidation sites excluding steroid dienone is 4. The summed E-state index contributed by atoms with van der Waals surface area (Å²) in [6, 6.07) is 0. The average Bonchev–Trinajstić information content (AvgIpc) is 3.09. The number of hydrogen-bond donors (Lipinski definition) is 2. The predicted octanol–water partition coefficient (Wildman–Crippen LogP) is 3.77. The molecule has 2 fully saturated rings. The van der Waals surface area contributed by atoms with Crippen LogP contribution < -0.4 is 5.32 Å². The summed E-state index contributed by atoms with van der Waals surface area (Å²) < 4.78 is 10.7. The molecule has 4 rings (SSSR count). The number of hydrogen-bond acceptors (Lipinski definition) is 5. The van der Waals surface area contributed by atoms with Crippen LogP contribution in [0.15, 0.2) is 34.8 Å². The fraction of sp³-hybridized carbons (Fsp3) is 0.680. The van der Waals surface area contributed by atoms with Crippen LogP contribution in [-0.2, 0) is 19.1 Å². The number of carbonyl (C=O) groups excluding carboxylic acids is 2. The van der Waals surface area contributed by atoms with Gasteiger partial charge < -0.3 is 19.9 Å². The van der Waals surface area contributed by atoms with Crippen LogP contribution in [0.25, 0.3) is 0 Å². The van der Waals surface area contributed by atoms with Crippen LogP contribution in [0.1, 0.15) is 65.7 Å². The van der Waals surface area contributed by atoms with Crippen molar-refractivity contribution < 1.29 is 24.2 Å². The first-order valence-corrected chi connectivity index (χ1v) is 11.5. The van der Waals surface area contributed by atoms with Crippen LogP contribution in [0.5, 0.6) is 0 Å². The van der Waals surface area contributed by atoms with Gasteiger partial charge in [0.05, 0.1) is 25.1 Å². The number of amides is 1. The second kappa shape index (κ2) is 7.80. The highest BCUT2D eigenvalue weighted by Crippen LogP contribution is 2.67. The number of rotatable bonds is 5. The maximum absolute atomic E-state index is 12.6. The fourth-order valence-corrected chi connectivity index (χ4v) is 7.15. The fourth-order valence-electron chi connectivity index (χ4n) is 7.15. The Hall–Kier alpha value is -2.08. The lowest BCUT2D eigenvalue weighted by atomic mass is 9.46. The van der Waals surface area contributed by atoms with E-state index >= 15 is 0 Å². The minimum absolute atomic E-state index is 0.120. The van der Waals surface area contributed by atoms with Crippen molar-refractivity contribution in [2.45, 2.75) is 71.3 Å². The van der Waals surface area contributed by atoms with Crippen molar-refractivity contribution in [3.63, 3.8) is 0 Å². The number of fused-ring (bicyclic) bond motifs is 5. The molecule has 0 heterocycles. The minimum Gasteiger partial charge on any atom is -0.501 e. The van der Waals surface area contributed by atoms with Crippen molar-refractivity contribution in [1.82, 2.24) is 5.32 Å². The molecule has 1 amide bonds. The Kier molecular flexibility index (Phi) is 5.57. The van der Waals surface area contributed by atoms with Gasteiger partial charge >= 0.3 is 5.97 Å². The van der Waals surface area contributed by atoms with E-state index in [-0.39, 0.29) is 29.3 Å². The Labute approximate surface area is 184 Å². The average molecular weight is 430 g/mol. The molecule has 170 valence electrons. The van der Waals surface area contributed by atoms with Gasteiger partial charge in [-0.25, -0.2) is 4.79 Å². The normalized spacial score (nSPS) is 40.4. The molecule has 2 saturated carbocycles. The summed E-state index contributed by atoms with van der Waals surface area (Å²) in [5.41, 5.74) is 1.16. The number of methoxy groups -OCH3 is 1. The maximum atomic E-state index is 12.6. The molecule has 0 bridgehead atoms. The van der Waals surface area contributed by atoms with E-state index in [2.05, 4.69) is 31.3 Å². The lowest BCUT2D eigenvalue weighted by molar-refractivity contribution is -0.172. The van der Waals surface area contributed by atoms with Gasteiger partial charge in [-0.2, -0.15) is 0 Å². The standard InChI is InChI=1S/C25H35NO5/c1-5-31-22(28)21(26-15-27)20-9-8-18-19-7-6-16-14-17(30-4)10-11-24(16,3)25(19,29)13-12-23(18,20)2/h6,14-15,18-19,29H,5,7-13H2,1-4H3,(H,26,27)/b21-20-/t18-,19-,23-,24-,25+/m0/s1. The summed E-state index contributed by atoms with van der Waals surface area (Å²) in [7, 11) is 1.71. The molecule has 4 aliphatic carbocycles. The summed E-state index contributed by atoms with van der Waals surface area (Å²) in [5, 5.41) is 14.8. The molecule has 0 radical (unpaired) electrons. The quantitative estimate of drug-likeness (QED) is 0.395. The number of aliphatic hydroxyl groups is 1. The first kappa shape index (κ1) is 22.1. The highest BCUT2D eigenvalue weighted by molar-refractivity contribution is 5.91. The Bertz CT molecular complexity index is 873. The van der Waals surface area contributed by atoms with Gasteiger partial charge in [-0.15, -0.1) is 0 Å². The third kappa shape index (κ3) is 3.09. The molecular formula is C25H35NO5. The molecule has 0 saturated heterocycles. The van der Waals surface area contributed by atoms with E-state index in [0.717, 1.165) is 49.9 Å². The molecule has 0 aliphatic heterocycles. The molecule has 5 atom stereocenters. The lowest BCUT2D eigenvalue weighted by Crippen LogP contribution is -2.61. The maximum Gasteiger partial charge on any atom is 0.354 e. The Morgan fingerprint density at radius 1 is 1.26 bits per heavy atom. The van der Waals surface area contributed by atoms with E-state index in [4.69, 9.17) is 9.47 Å². The first-order valence-electron chi connectivity index (χ1n) is 11.5. The van der Waals surface area contributed by atoms with Crippen molar-refractivity contribution in [1.29, 1.82) is 0 Å². The van der Waals surface area contributed by atoms with Gasteiger partial charge in [-0.3, -0.25) is 4.79 Å². The van der Waals surface area contributed by atoms with Crippen molar-refractivity contribution in [2.24, 2.45) is 22.7 Å². The third-order valence-electron chi connectivity index (χ3n) is 8.96. The van der Waals surface area contributed by atoms with E-state index in [0.29, 0.717) is 18.5 Å². The van der Waals surface area contributed by atoms with Gasteiger partial charge in [0.25, 0.3) is 0 Å². The number of nitrogens with one attached hydrogen (secondary N) is 1. The van der Waals surface area contributed by atoms with Gasteiger partial charge in [0.1, 0.15) is 5.70 Å². The predicted molar refractivity (Wildman–Crippen MR) is 116 cm³/mol. The van der Waals surface area contributed by atoms with Gasteiger partial charge in [0.2, 0.25) is 6.41 Å². The largest absolute Gasteiger partial charge is 0.501 e. The van der Waals surface area contributed by atoms with Crippen molar-refractivity contribution in [2.75, 3.05) is 13.7 Å². The second-order valence-corrected chi connectivity index (χ2v) is 9.97. The van der Waals surface area contributed by atoms with Crippen LogP contribution in [0.4, 0.5) is 0 Å². The minimum atomic E-state index is -0.783. The molecule has 0 spiro atoms. The van der Waals surface area contributed by atoms with E-state index in [1.165, 1.54) is 5.57 Å². The smallest absolute Gasteiger partial charge is 0.354 e. The van der Waals surface area contributed by atoms with E-state index in [9.17, 15) is 14.7 Å². The van der Waals surface area contributed by atoms with Crippen LogP contribution in [0, 0.1) is 22.7 Å². The molecule has 0 aromatic heterocycles. The molecule has 0 unspecified atom stereocenters. The molecule has 2 N–H and O–H groups in total. The van der Waals surface area contributed by atoms with Gasteiger partial charge in [-0.05, 0) is 79.9 Å². The highest BCUT2D eigenvalue weighted by Gasteiger charge is 2.64. The van der Waals surface area contributed by atoms with E-state index < -0.39 is 11.6 Å². The molecule has 4 aliphatic rings. The molecule has 0 aromatic rings. The third-order valence-corrected chi connectivity index (χ3v) is 8.96. The Morgan fingerprint density at radius 2 is 2.03 bits per heavy atom. The summed E-state index contributed by atoms with van der Waals surface area (Å²) in [6.07, 6.45) is 10.6. The Balaban J connectivity index is 1.73. The molecule has 6 heteroatoms. The number of esters is 1. The summed E-state index contributed by atoms with van der Waals surface area (Å²) in [6.45, 7) is 6.44. The molecule has 31 heavy (non-hydrogen) atoms. The zero-order chi connectivity index (χ0) is 22.4. The van der Waals surface area contributed by atoms with Crippen LogP contribution in [0.3, 0.4) is 0 Å². The van der Waals surface area contributed by atoms with E-state index in [1.807, 2.05) is 0 Å². The van der Waals surface area contributed by atoms with E-state index in [1.54, 1.807) is 14.0 Å². The molecule has 0 aromatic carbocycles. The van der Waals surface area contributed by atoms with Crippen molar-refractivity contribution in [3.8, 4) is 0 Å². The van der Waals surface area contributed by atoms with Crippen molar-refractivity contribution >= 4 is 12.4 Å². The highest BCUT2D eigenvalue weighted by atomic mass is 16.5. The van der Waals surface area contributed by atoms with Gasteiger partial charge in [0.15, 0.2) is 0 Å². The van der Waals surface area contributed by atoms with Gasteiger partial charge in [0, 0.05) is 11.8 Å². The Morgan fingerprint density at radius 3 is 2.71 bits per heavy atom. The summed E-state index contributed by atoms with van der Waals surface area (Å²) in [4.78, 5) is 23.9. The summed E-state index contributed by atoms with van der Waals surface area (Å²) in [5.74, 6) is 0.891. The SMILES string of the molecule is CCOC(=O)/C(NC=O)=C1\CC[C@H]2[C@@H]3CC=C4C=C(OC)CC[C@]4(C)[C@@]3(O)CC[C@]12C.